The van der Waals surface area contributed by atoms with Crippen molar-refractivity contribution in [2.45, 2.75) is 0 Å². The van der Waals surface area contributed by atoms with E-state index in [9.17, 15) is 0 Å². The monoisotopic (exact) mass is 291 g/mol. The first kappa shape index (κ1) is 14.1. The van der Waals surface area contributed by atoms with Crippen LogP contribution in [0.25, 0.3) is 0 Å². The zero-order valence-corrected chi connectivity index (χ0v) is 11.9. The maximum atomic E-state index is 6.02. The highest BCUT2D eigenvalue weighted by Crippen LogP contribution is 2.37. The van der Waals surface area contributed by atoms with Crippen molar-refractivity contribution >= 4 is 28.7 Å². The number of nitrogens with two attached hydrogens (primary N) is 1. The SMILES string of the molecule is COc1cc(/N=N/c2ccccc2Cl)c(OC)cc1N. The Morgan fingerprint density at radius 3 is 2.25 bits per heavy atom. The molecule has 0 fully saturated rings. The van der Waals surface area contributed by atoms with E-state index in [0.717, 1.165) is 0 Å². The first-order valence-electron chi connectivity index (χ1n) is 5.83. The summed E-state index contributed by atoms with van der Waals surface area (Å²) in [7, 11) is 3.07. The highest BCUT2D eigenvalue weighted by Gasteiger charge is 2.09. The van der Waals surface area contributed by atoms with Crippen molar-refractivity contribution in [3.05, 3.63) is 41.4 Å². The Kier molecular flexibility index (Phi) is 4.42. The van der Waals surface area contributed by atoms with Crippen molar-refractivity contribution in [1.82, 2.24) is 0 Å². The second-order valence-electron chi connectivity index (χ2n) is 3.92. The highest BCUT2D eigenvalue weighted by molar-refractivity contribution is 6.32. The van der Waals surface area contributed by atoms with Crippen LogP contribution in [-0.4, -0.2) is 14.2 Å². The summed E-state index contributed by atoms with van der Waals surface area (Å²) < 4.78 is 10.4. The minimum atomic E-state index is 0.473. The van der Waals surface area contributed by atoms with Gasteiger partial charge < -0.3 is 15.2 Å². The summed E-state index contributed by atoms with van der Waals surface area (Å²) in [4.78, 5) is 0. The molecule has 0 bridgehead atoms. The van der Waals surface area contributed by atoms with Gasteiger partial charge in [-0.15, -0.1) is 10.2 Å². The maximum Gasteiger partial charge on any atom is 0.148 e. The summed E-state index contributed by atoms with van der Waals surface area (Å²) in [6.07, 6.45) is 0. The van der Waals surface area contributed by atoms with Crippen LogP contribution >= 0.6 is 11.6 Å². The molecule has 5 nitrogen and oxygen atoms in total. The van der Waals surface area contributed by atoms with Crippen molar-refractivity contribution in [2.24, 2.45) is 10.2 Å². The van der Waals surface area contributed by atoms with Crippen LogP contribution in [0.1, 0.15) is 0 Å². The molecule has 0 aromatic heterocycles. The lowest BCUT2D eigenvalue weighted by Crippen LogP contribution is -1.93. The van der Waals surface area contributed by atoms with Gasteiger partial charge in [0.1, 0.15) is 22.9 Å². The molecule has 0 unspecified atom stereocenters. The topological polar surface area (TPSA) is 69.2 Å². The largest absolute Gasteiger partial charge is 0.495 e. The summed E-state index contributed by atoms with van der Waals surface area (Å²) in [6.45, 7) is 0. The van der Waals surface area contributed by atoms with Crippen LogP contribution in [0.15, 0.2) is 46.6 Å². The fraction of sp³-hybridized carbons (Fsp3) is 0.143. The predicted molar refractivity (Wildman–Crippen MR) is 79.6 cm³/mol. The number of nitrogen functional groups attached to an aromatic ring is 1. The molecule has 6 heteroatoms. The molecule has 0 spiro atoms. The Morgan fingerprint density at radius 2 is 1.60 bits per heavy atom. The summed E-state index contributed by atoms with van der Waals surface area (Å²) in [5.74, 6) is 1.03. The van der Waals surface area contributed by atoms with E-state index in [2.05, 4.69) is 10.2 Å². The molecule has 0 radical (unpaired) electrons. The van der Waals surface area contributed by atoms with Crippen molar-refractivity contribution in [2.75, 3.05) is 20.0 Å². The maximum absolute atomic E-state index is 6.02. The van der Waals surface area contributed by atoms with Crippen LogP contribution in [0, 0.1) is 0 Å². The van der Waals surface area contributed by atoms with Gasteiger partial charge in [-0.3, -0.25) is 0 Å². The van der Waals surface area contributed by atoms with Gasteiger partial charge in [0.15, 0.2) is 0 Å². The van der Waals surface area contributed by atoms with Gasteiger partial charge in [-0.25, -0.2) is 0 Å². The van der Waals surface area contributed by atoms with Crippen LogP contribution < -0.4 is 15.2 Å². The number of azo groups is 1. The number of hydrogen-bond donors (Lipinski definition) is 1. The van der Waals surface area contributed by atoms with Gasteiger partial charge in [0.05, 0.1) is 24.9 Å². The number of rotatable bonds is 4. The van der Waals surface area contributed by atoms with Crippen molar-refractivity contribution in [1.29, 1.82) is 0 Å². The first-order chi connectivity index (χ1) is 9.65. The minimum Gasteiger partial charge on any atom is -0.495 e. The van der Waals surface area contributed by atoms with E-state index in [1.807, 2.05) is 12.1 Å². The molecule has 0 amide bonds. The van der Waals surface area contributed by atoms with E-state index in [-0.39, 0.29) is 0 Å². The molecule has 0 heterocycles. The molecule has 2 N–H and O–H groups in total. The zero-order valence-electron chi connectivity index (χ0n) is 11.1. The van der Waals surface area contributed by atoms with Gasteiger partial charge in [0, 0.05) is 12.1 Å². The Balaban J connectivity index is 2.40. The quantitative estimate of drug-likeness (QED) is 0.672. The van der Waals surface area contributed by atoms with E-state index in [4.69, 9.17) is 26.8 Å². The lowest BCUT2D eigenvalue weighted by atomic mass is 10.2. The summed E-state index contributed by atoms with van der Waals surface area (Å²) in [6, 6.07) is 10.5. The van der Waals surface area contributed by atoms with Crippen molar-refractivity contribution < 1.29 is 9.47 Å². The summed E-state index contributed by atoms with van der Waals surface area (Å²) in [5, 5.41) is 8.77. The Labute approximate surface area is 122 Å². The molecule has 0 atom stereocenters. The number of ether oxygens (including phenoxy) is 2. The van der Waals surface area contributed by atoms with Crippen molar-refractivity contribution in [3.63, 3.8) is 0 Å². The molecular formula is C14H14ClN3O2. The second-order valence-corrected chi connectivity index (χ2v) is 4.32. The fourth-order valence-corrected chi connectivity index (χ4v) is 1.80. The normalized spacial score (nSPS) is 10.8. The number of nitrogens with zero attached hydrogens (tertiary/aromatic N) is 2. The summed E-state index contributed by atoms with van der Waals surface area (Å²) in [5.41, 5.74) is 7.37. The third-order valence-electron chi connectivity index (χ3n) is 2.65. The van der Waals surface area contributed by atoms with Gasteiger partial charge in [-0.2, -0.15) is 0 Å². The van der Waals surface area contributed by atoms with Crippen LogP contribution in [-0.2, 0) is 0 Å². The third kappa shape index (κ3) is 3.00. The highest BCUT2D eigenvalue weighted by atomic mass is 35.5. The van der Waals surface area contributed by atoms with E-state index in [0.29, 0.717) is 33.6 Å². The number of hydrogen-bond acceptors (Lipinski definition) is 5. The van der Waals surface area contributed by atoms with Gasteiger partial charge >= 0.3 is 0 Å². The predicted octanol–water partition coefficient (Wildman–Crippen LogP) is 4.35. The number of anilines is 1. The van der Waals surface area contributed by atoms with Crippen molar-refractivity contribution in [3.8, 4) is 11.5 Å². The molecule has 2 aromatic carbocycles. The van der Waals surface area contributed by atoms with Gasteiger partial charge in [-0.1, -0.05) is 23.7 Å². The molecule has 20 heavy (non-hydrogen) atoms. The van der Waals surface area contributed by atoms with Crippen LogP contribution in [0.4, 0.5) is 17.1 Å². The van der Waals surface area contributed by atoms with Crippen LogP contribution in [0.2, 0.25) is 5.02 Å². The summed E-state index contributed by atoms with van der Waals surface area (Å²) >= 11 is 6.02. The van der Waals surface area contributed by atoms with Crippen LogP contribution in [0.5, 0.6) is 11.5 Å². The molecule has 2 rings (SSSR count). The number of methoxy groups -OCH3 is 2. The molecule has 0 saturated heterocycles. The lowest BCUT2D eigenvalue weighted by Gasteiger charge is -2.09. The standard InChI is InChI=1S/C14H14ClN3O2/c1-19-13-8-12(14(20-2)7-10(13)16)18-17-11-6-4-3-5-9(11)15/h3-8H,16H2,1-2H3/b18-17+. The average Bonchev–Trinajstić information content (AvgIpc) is 2.47. The molecule has 2 aromatic rings. The number of benzene rings is 2. The molecular weight excluding hydrogens is 278 g/mol. The smallest absolute Gasteiger partial charge is 0.148 e. The van der Waals surface area contributed by atoms with E-state index >= 15 is 0 Å². The van der Waals surface area contributed by atoms with E-state index in [1.54, 1.807) is 24.3 Å². The van der Waals surface area contributed by atoms with Gasteiger partial charge in [0.2, 0.25) is 0 Å². The van der Waals surface area contributed by atoms with Crippen LogP contribution in [0.3, 0.4) is 0 Å². The van der Waals surface area contributed by atoms with Gasteiger partial charge in [-0.05, 0) is 12.1 Å². The molecule has 0 aliphatic rings. The Morgan fingerprint density at radius 1 is 0.950 bits per heavy atom. The molecule has 104 valence electrons. The van der Waals surface area contributed by atoms with E-state index < -0.39 is 0 Å². The third-order valence-corrected chi connectivity index (χ3v) is 2.97. The second kappa shape index (κ2) is 6.25. The zero-order chi connectivity index (χ0) is 14.5. The van der Waals surface area contributed by atoms with E-state index in [1.165, 1.54) is 14.2 Å². The fourth-order valence-electron chi connectivity index (χ4n) is 1.62. The minimum absolute atomic E-state index is 0.473. The average molecular weight is 292 g/mol. The molecule has 0 saturated carbocycles. The lowest BCUT2D eigenvalue weighted by molar-refractivity contribution is 0.406. The molecule has 0 aliphatic carbocycles. The Hall–Kier alpha value is -2.27. The van der Waals surface area contributed by atoms with Gasteiger partial charge in [0.25, 0.3) is 0 Å². The number of halogens is 1. The first-order valence-corrected chi connectivity index (χ1v) is 6.21. The molecule has 0 aliphatic heterocycles. The Bertz CT molecular complexity index is 644.